The molecule has 3 heterocycles. The van der Waals surface area contributed by atoms with Crippen molar-refractivity contribution >= 4 is 11.6 Å². The zero-order valence-corrected chi connectivity index (χ0v) is 16.7. The zero-order chi connectivity index (χ0) is 19.5. The first-order chi connectivity index (χ1) is 13.6. The molecule has 7 heteroatoms. The van der Waals surface area contributed by atoms with Crippen LogP contribution in [0.25, 0.3) is 0 Å². The number of anilines is 1. The number of ether oxygens (including phenoxy) is 1. The number of fused-ring (bicyclic) bond motifs is 1. The van der Waals surface area contributed by atoms with Gasteiger partial charge in [-0.3, -0.25) is 9.69 Å². The summed E-state index contributed by atoms with van der Waals surface area (Å²) in [4.78, 5) is 19.8. The van der Waals surface area contributed by atoms with Gasteiger partial charge in [-0.15, -0.1) is 0 Å². The van der Waals surface area contributed by atoms with Gasteiger partial charge in [0, 0.05) is 69.2 Å². The molecule has 2 N–H and O–H groups in total. The molecule has 28 heavy (non-hydrogen) atoms. The molecule has 0 unspecified atom stereocenters. The fourth-order valence-electron chi connectivity index (χ4n) is 4.52. The van der Waals surface area contributed by atoms with Crippen molar-refractivity contribution in [3.63, 3.8) is 0 Å². The first-order valence-corrected chi connectivity index (χ1v) is 10.4. The summed E-state index contributed by atoms with van der Waals surface area (Å²) in [6.45, 7) is 6.76. The molecule has 3 atom stereocenters. The van der Waals surface area contributed by atoms with E-state index >= 15 is 0 Å². The second-order valence-corrected chi connectivity index (χ2v) is 8.32. The standard InChI is InChI=1S/C21H32N4O3/c1-23-7-9-24(10-8-23)18-4-2-16(3-5-18)21(27)22-17-12-19-15-28-20(6-11-26)14-25(19)13-17/h2-5,17,19-20,26H,6-15H2,1H3,(H,22,27)/t17-,19-,20-/m0/s1. The van der Waals surface area contributed by atoms with Crippen LogP contribution >= 0.6 is 0 Å². The Morgan fingerprint density at radius 1 is 1.18 bits per heavy atom. The second kappa shape index (κ2) is 8.78. The highest BCUT2D eigenvalue weighted by atomic mass is 16.5. The number of likely N-dealkylation sites (N-methyl/N-ethyl adjacent to an activating group) is 1. The fraction of sp³-hybridized carbons (Fsp3) is 0.667. The van der Waals surface area contributed by atoms with Crippen LogP contribution in [0.3, 0.4) is 0 Å². The SMILES string of the molecule is CN1CCN(c2ccc(C(=O)N[C@H]3C[C@H]4CO[C@@H](CCO)CN4C3)cc2)CC1. The highest BCUT2D eigenvalue weighted by molar-refractivity contribution is 5.94. The summed E-state index contributed by atoms with van der Waals surface area (Å²) < 4.78 is 5.83. The minimum atomic E-state index is 0.00241. The third-order valence-electron chi connectivity index (χ3n) is 6.27. The molecular weight excluding hydrogens is 356 g/mol. The minimum Gasteiger partial charge on any atom is -0.396 e. The van der Waals surface area contributed by atoms with Gasteiger partial charge in [-0.2, -0.15) is 0 Å². The predicted molar refractivity (Wildman–Crippen MR) is 109 cm³/mol. The Kier molecular flexibility index (Phi) is 6.16. The van der Waals surface area contributed by atoms with Crippen LogP contribution in [0, 0.1) is 0 Å². The molecule has 3 aliphatic rings. The molecule has 0 radical (unpaired) electrons. The normalized spacial score (nSPS) is 28.9. The Hall–Kier alpha value is -1.67. The number of aliphatic hydroxyl groups is 1. The zero-order valence-electron chi connectivity index (χ0n) is 16.7. The van der Waals surface area contributed by atoms with Crippen LogP contribution in [-0.4, -0.2) is 98.5 Å². The summed E-state index contributed by atoms with van der Waals surface area (Å²) in [5.74, 6) is 0.00241. The molecule has 3 fully saturated rings. The van der Waals surface area contributed by atoms with Crippen molar-refractivity contribution in [2.45, 2.75) is 31.0 Å². The lowest BCUT2D eigenvalue weighted by molar-refractivity contribution is -0.0566. The highest BCUT2D eigenvalue weighted by Gasteiger charge is 2.37. The van der Waals surface area contributed by atoms with Gasteiger partial charge in [0.1, 0.15) is 0 Å². The van der Waals surface area contributed by atoms with Crippen LogP contribution in [0.1, 0.15) is 23.2 Å². The molecule has 0 spiro atoms. The third-order valence-corrected chi connectivity index (χ3v) is 6.27. The molecule has 0 saturated carbocycles. The van der Waals surface area contributed by atoms with E-state index in [1.54, 1.807) is 0 Å². The van der Waals surface area contributed by atoms with Crippen molar-refractivity contribution < 1.29 is 14.6 Å². The first kappa shape index (κ1) is 19.6. The van der Waals surface area contributed by atoms with Gasteiger partial charge in [-0.25, -0.2) is 0 Å². The summed E-state index contributed by atoms with van der Waals surface area (Å²) in [7, 11) is 2.15. The number of hydrogen-bond acceptors (Lipinski definition) is 6. The number of rotatable bonds is 5. The maximum absolute atomic E-state index is 12.7. The average molecular weight is 389 g/mol. The lowest BCUT2D eigenvalue weighted by Gasteiger charge is -2.34. The van der Waals surface area contributed by atoms with Crippen LogP contribution in [0.15, 0.2) is 24.3 Å². The van der Waals surface area contributed by atoms with E-state index in [0.29, 0.717) is 19.1 Å². The number of nitrogens with one attached hydrogen (secondary N) is 1. The predicted octanol–water partition coefficient (Wildman–Crippen LogP) is 0.392. The van der Waals surface area contributed by atoms with Crippen LogP contribution in [0.5, 0.6) is 0 Å². The second-order valence-electron chi connectivity index (χ2n) is 8.32. The van der Waals surface area contributed by atoms with Gasteiger partial charge in [0.05, 0.1) is 12.7 Å². The Labute approximate surface area is 167 Å². The lowest BCUT2D eigenvalue weighted by Crippen LogP contribution is -2.46. The van der Waals surface area contributed by atoms with Gasteiger partial charge >= 0.3 is 0 Å². The molecule has 1 aromatic carbocycles. The van der Waals surface area contributed by atoms with Gasteiger partial charge in [-0.05, 0) is 44.2 Å². The number of carbonyl (C=O) groups excluding carboxylic acids is 1. The van der Waals surface area contributed by atoms with E-state index in [2.05, 4.69) is 39.2 Å². The Morgan fingerprint density at radius 2 is 1.93 bits per heavy atom. The maximum atomic E-state index is 12.7. The van der Waals surface area contributed by atoms with E-state index in [9.17, 15) is 4.79 Å². The summed E-state index contributed by atoms with van der Waals surface area (Å²) in [5, 5.41) is 12.3. The molecule has 1 amide bonds. The van der Waals surface area contributed by atoms with Gasteiger partial charge in [-0.1, -0.05) is 0 Å². The molecule has 0 aliphatic carbocycles. The quantitative estimate of drug-likeness (QED) is 0.761. The molecule has 0 bridgehead atoms. The molecule has 154 valence electrons. The monoisotopic (exact) mass is 388 g/mol. The van der Waals surface area contributed by atoms with Crippen molar-refractivity contribution in [2.24, 2.45) is 0 Å². The molecular formula is C21H32N4O3. The smallest absolute Gasteiger partial charge is 0.251 e. The number of nitrogens with zero attached hydrogens (tertiary/aromatic N) is 3. The van der Waals surface area contributed by atoms with Gasteiger partial charge in [0.15, 0.2) is 0 Å². The number of piperazine rings is 1. The van der Waals surface area contributed by atoms with Crippen LogP contribution in [0.2, 0.25) is 0 Å². The lowest BCUT2D eigenvalue weighted by atomic mass is 10.1. The van der Waals surface area contributed by atoms with Crippen molar-refractivity contribution in [3.8, 4) is 0 Å². The number of carbonyl (C=O) groups is 1. The Bertz CT molecular complexity index is 660. The van der Waals surface area contributed by atoms with E-state index in [4.69, 9.17) is 9.84 Å². The van der Waals surface area contributed by atoms with Crippen LogP contribution in [0.4, 0.5) is 5.69 Å². The molecule has 3 aliphatic heterocycles. The maximum Gasteiger partial charge on any atom is 0.251 e. The summed E-state index contributed by atoms with van der Waals surface area (Å²) in [6, 6.07) is 8.53. The van der Waals surface area contributed by atoms with E-state index in [1.165, 1.54) is 5.69 Å². The van der Waals surface area contributed by atoms with Gasteiger partial charge < -0.3 is 25.0 Å². The minimum absolute atomic E-state index is 0.00241. The largest absolute Gasteiger partial charge is 0.396 e. The number of hydrogen-bond donors (Lipinski definition) is 2. The topological polar surface area (TPSA) is 68.3 Å². The van der Waals surface area contributed by atoms with Crippen molar-refractivity contribution in [3.05, 3.63) is 29.8 Å². The van der Waals surface area contributed by atoms with E-state index < -0.39 is 0 Å². The average Bonchev–Trinajstić information content (AvgIpc) is 3.10. The summed E-state index contributed by atoms with van der Waals surface area (Å²) in [5.41, 5.74) is 1.91. The van der Waals surface area contributed by atoms with E-state index in [-0.39, 0.29) is 24.7 Å². The number of aliphatic hydroxyl groups excluding tert-OH is 1. The Balaban J connectivity index is 1.29. The van der Waals surface area contributed by atoms with Crippen molar-refractivity contribution in [2.75, 3.05) is 64.4 Å². The molecule has 1 aromatic rings. The van der Waals surface area contributed by atoms with E-state index in [0.717, 1.165) is 51.3 Å². The fourth-order valence-corrected chi connectivity index (χ4v) is 4.52. The molecule has 4 rings (SSSR count). The van der Waals surface area contributed by atoms with Crippen LogP contribution in [-0.2, 0) is 4.74 Å². The van der Waals surface area contributed by atoms with Crippen molar-refractivity contribution in [1.82, 2.24) is 15.1 Å². The Morgan fingerprint density at radius 3 is 2.64 bits per heavy atom. The third kappa shape index (κ3) is 4.49. The molecule has 0 aromatic heterocycles. The van der Waals surface area contributed by atoms with Gasteiger partial charge in [0.2, 0.25) is 0 Å². The summed E-state index contributed by atoms with van der Waals surface area (Å²) >= 11 is 0. The van der Waals surface area contributed by atoms with E-state index in [1.807, 2.05) is 12.1 Å². The van der Waals surface area contributed by atoms with Crippen LogP contribution < -0.4 is 10.2 Å². The number of morpholine rings is 1. The number of benzene rings is 1. The molecule has 3 saturated heterocycles. The summed E-state index contributed by atoms with van der Waals surface area (Å²) in [6.07, 6.45) is 1.72. The first-order valence-electron chi connectivity index (χ1n) is 10.4. The molecule has 7 nitrogen and oxygen atoms in total. The van der Waals surface area contributed by atoms with Crippen molar-refractivity contribution in [1.29, 1.82) is 0 Å². The van der Waals surface area contributed by atoms with Gasteiger partial charge in [0.25, 0.3) is 5.91 Å². The highest BCUT2D eigenvalue weighted by Crippen LogP contribution is 2.25. The number of amides is 1.